The molecular formula is C11H17ClN2O2S. The van der Waals surface area contributed by atoms with Crippen LogP contribution in [0.5, 0.6) is 0 Å². The number of nitrogens with zero attached hydrogens (tertiary/aromatic N) is 2. The average molecular weight is 277 g/mol. The van der Waals surface area contributed by atoms with Gasteiger partial charge in [0.05, 0.1) is 12.2 Å². The molecule has 0 spiro atoms. The van der Waals surface area contributed by atoms with Crippen LogP contribution < -0.4 is 0 Å². The first-order chi connectivity index (χ1) is 8.00. The van der Waals surface area contributed by atoms with E-state index < -0.39 is 9.05 Å². The second-order valence-corrected chi connectivity index (χ2v) is 7.24. The lowest BCUT2D eigenvalue weighted by Gasteiger charge is -2.27. The van der Waals surface area contributed by atoms with Crippen LogP contribution in [0.4, 0.5) is 0 Å². The molecule has 17 heavy (non-hydrogen) atoms. The molecule has 0 aromatic carbocycles. The summed E-state index contributed by atoms with van der Waals surface area (Å²) in [5.41, 5.74) is 0. The second-order valence-electron chi connectivity index (χ2n) is 4.68. The fourth-order valence-corrected chi connectivity index (χ4v) is 3.11. The highest BCUT2D eigenvalue weighted by Gasteiger charge is 2.23. The van der Waals surface area contributed by atoms with Gasteiger partial charge in [0.2, 0.25) is 0 Å². The van der Waals surface area contributed by atoms with Crippen molar-refractivity contribution >= 4 is 19.7 Å². The Bertz CT molecular complexity index is 475. The van der Waals surface area contributed by atoms with E-state index in [0.29, 0.717) is 6.04 Å². The van der Waals surface area contributed by atoms with Gasteiger partial charge in [-0.25, -0.2) is 8.42 Å². The molecule has 1 aliphatic carbocycles. The fourth-order valence-electron chi connectivity index (χ4n) is 2.46. The van der Waals surface area contributed by atoms with E-state index in [2.05, 4.69) is 12.0 Å². The van der Waals surface area contributed by atoms with Crippen molar-refractivity contribution in [2.75, 3.05) is 0 Å². The Hall–Kier alpha value is -0.550. The molecule has 96 valence electrons. The molecule has 0 atom stereocenters. The molecule has 1 aromatic heterocycles. The van der Waals surface area contributed by atoms with Crippen LogP contribution >= 0.6 is 10.7 Å². The van der Waals surface area contributed by atoms with Crippen LogP contribution in [-0.4, -0.2) is 18.2 Å². The molecular weight excluding hydrogens is 260 g/mol. The summed E-state index contributed by atoms with van der Waals surface area (Å²) in [4.78, 5) is 0.0942. The van der Waals surface area contributed by atoms with Gasteiger partial charge < -0.3 is 0 Å². The van der Waals surface area contributed by atoms with E-state index in [1.807, 2.05) is 0 Å². The maximum Gasteiger partial charge on any atom is 0.264 e. The first-order valence-electron chi connectivity index (χ1n) is 5.99. The first kappa shape index (κ1) is 12.9. The van der Waals surface area contributed by atoms with Gasteiger partial charge >= 0.3 is 0 Å². The van der Waals surface area contributed by atoms with Crippen LogP contribution in [0.15, 0.2) is 17.3 Å². The number of hydrogen-bond acceptors (Lipinski definition) is 3. The summed E-state index contributed by atoms with van der Waals surface area (Å²) in [6, 6.07) is 0.324. The predicted molar refractivity (Wildman–Crippen MR) is 66.6 cm³/mol. The van der Waals surface area contributed by atoms with Crippen molar-refractivity contribution in [2.24, 2.45) is 5.92 Å². The van der Waals surface area contributed by atoms with Crippen LogP contribution in [0.25, 0.3) is 0 Å². The summed E-state index contributed by atoms with van der Waals surface area (Å²) in [6.45, 7) is 2.22. The maximum absolute atomic E-state index is 11.1. The molecule has 0 radical (unpaired) electrons. The van der Waals surface area contributed by atoms with Crippen molar-refractivity contribution in [3.05, 3.63) is 12.4 Å². The Balaban J connectivity index is 2.07. The Morgan fingerprint density at radius 3 is 2.53 bits per heavy atom. The summed E-state index contributed by atoms with van der Waals surface area (Å²) in [5, 5.41) is 4.11. The van der Waals surface area contributed by atoms with E-state index in [-0.39, 0.29) is 4.90 Å². The normalized spacial score (nSPS) is 26.0. The van der Waals surface area contributed by atoms with Gasteiger partial charge in [0.1, 0.15) is 4.90 Å². The Kier molecular flexibility index (Phi) is 3.78. The lowest BCUT2D eigenvalue weighted by atomic mass is 9.85. The van der Waals surface area contributed by atoms with Crippen LogP contribution in [0.3, 0.4) is 0 Å². The van der Waals surface area contributed by atoms with Crippen molar-refractivity contribution in [2.45, 2.75) is 50.0 Å². The largest absolute Gasteiger partial charge is 0.268 e. The van der Waals surface area contributed by atoms with E-state index in [1.54, 1.807) is 10.9 Å². The molecule has 1 aromatic rings. The maximum atomic E-state index is 11.1. The average Bonchev–Trinajstić information content (AvgIpc) is 2.78. The molecule has 0 N–H and O–H groups in total. The van der Waals surface area contributed by atoms with Gasteiger partial charge in [-0.05, 0) is 31.6 Å². The molecule has 0 aliphatic heterocycles. The van der Waals surface area contributed by atoms with E-state index >= 15 is 0 Å². The monoisotopic (exact) mass is 276 g/mol. The van der Waals surface area contributed by atoms with Gasteiger partial charge in [-0.2, -0.15) is 5.10 Å². The molecule has 0 amide bonds. The van der Waals surface area contributed by atoms with Crippen molar-refractivity contribution in [3.63, 3.8) is 0 Å². The lowest BCUT2D eigenvalue weighted by molar-refractivity contribution is 0.256. The van der Waals surface area contributed by atoms with Crippen LogP contribution in [0, 0.1) is 5.92 Å². The molecule has 6 heteroatoms. The third-order valence-electron chi connectivity index (χ3n) is 3.63. The highest BCUT2D eigenvalue weighted by atomic mass is 35.7. The zero-order valence-corrected chi connectivity index (χ0v) is 11.4. The van der Waals surface area contributed by atoms with Gasteiger partial charge in [0.25, 0.3) is 9.05 Å². The van der Waals surface area contributed by atoms with Crippen molar-refractivity contribution in [1.82, 2.24) is 9.78 Å². The highest BCUT2D eigenvalue weighted by molar-refractivity contribution is 8.13. The molecule has 4 nitrogen and oxygen atoms in total. The minimum absolute atomic E-state index is 0.0942. The quantitative estimate of drug-likeness (QED) is 0.798. The molecule has 0 unspecified atom stereocenters. The van der Waals surface area contributed by atoms with Crippen LogP contribution in [0.1, 0.15) is 45.1 Å². The Morgan fingerprint density at radius 1 is 1.41 bits per heavy atom. The van der Waals surface area contributed by atoms with Gasteiger partial charge in [0.15, 0.2) is 0 Å². The van der Waals surface area contributed by atoms with Gasteiger partial charge in [-0.1, -0.05) is 13.3 Å². The predicted octanol–water partition coefficient (Wildman–Crippen LogP) is 2.95. The van der Waals surface area contributed by atoms with Gasteiger partial charge in [0, 0.05) is 16.9 Å². The third kappa shape index (κ3) is 3.01. The molecule has 2 rings (SSSR count). The molecule has 0 saturated heterocycles. The topological polar surface area (TPSA) is 52.0 Å². The summed E-state index contributed by atoms with van der Waals surface area (Å²) in [5.74, 6) is 0.818. The van der Waals surface area contributed by atoms with Crippen molar-refractivity contribution in [1.29, 1.82) is 0 Å². The van der Waals surface area contributed by atoms with Gasteiger partial charge in [-0.15, -0.1) is 0 Å². The fraction of sp³-hybridized carbons (Fsp3) is 0.727. The van der Waals surface area contributed by atoms with E-state index in [1.165, 1.54) is 25.5 Å². The van der Waals surface area contributed by atoms with Gasteiger partial charge in [-0.3, -0.25) is 4.68 Å². The summed E-state index contributed by atoms with van der Waals surface area (Å²) in [7, 11) is 1.63. The number of rotatable bonds is 3. The number of hydrogen-bond donors (Lipinski definition) is 0. The Labute approximate surface area is 106 Å². The molecule has 1 saturated carbocycles. The zero-order chi connectivity index (χ0) is 12.5. The Morgan fingerprint density at radius 2 is 2.06 bits per heavy atom. The summed E-state index contributed by atoms with van der Waals surface area (Å²) < 4.78 is 24.0. The molecule has 0 bridgehead atoms. The van der Waals surface area contributed by atoms with Crippen molar-refractivity contribution < 1.29 is 8.42 Å². The lowest BCUT2D eigenvalue weighted by Crippen LogP contribution is -2.18. The van der Waals surface area contributed by atoms with Crippen molar-refractivity contribution in [3.8, 4) is 0 Å². The van der Waals surface area contributed by atoms with Crippen LogP contribution in [-0.2, 0) is 9.05 Å². The van der Waals surface area contributed by atoms with Crippen LogP contribution in [0.2, 0.25) is 0 Å². The third-order valence-corrected chi connectivity index (χ3v) is 4.94. The standard InChI is InChI=1S/C11H17ClN2O2S/c1-2-9-3-5-10(6-4-9)14-8-11(7-13-14)17(12,15)16/h7-10H,2-6H2,1H3. The molecule has 1 fully saturated rings. The number of halogens is 1. The molecule has 1 aliphatic rings. The summed E-state index contributed by atoms with van der Waals surface area (Å²) in [6.07, 6.45) is 8.64. The number of aromatic nitrogens is 2. The summed E-state index contributed by atoms with van der Waals surface area (Å²) >= 11 is 0. The van der Waals surface area contributed by atoms with E-state index in [9.17, 15) is 8.42 Å². The minimum atomic E-state index is -3.65. The zero-order valence-electron chi connectivity index (χ0n) is 9.84. The van der Waals surface area contributed by atoms with E-state index in [0.717, 1.165) is 18.8 Å². The molecule has 1 heterocycles. The highest BCUT2D eigenvalue weighted by Crippen LogP contribution is 2.33. The van der Waals surface area contributed by atoms with E-state index in [4.69, 9.17) is 10.7 Å². The SMILES string of the molecule is CCC1CCC(n2cc(S(=O)(=O)Cl)cn2)CC1. The smallest absolute Gasteiger partial charge is 0.264 e. The first-order valence-corrected chi connectivity index (χ1v) is 8.30. The second kappa shape index (κ2) is 4.98. The minimum Gasteiger partial charge on any atom is -0.268 e.